The molecule has 0 unspecified atom stereocenters. The van der Waals surface area contributed by atoms with Crippen molar-refractivity contribution in [3.63, 3.8) is 0 Å². The number of hydrogen-bond acceptors (Lipinski definition) is 4. The van der Waals surface area contributed by atoms with Gasteiger partial charge in [-0.25, -0.2) is 13.1 Å². The summed E-state index contributed by atoms with van der Waals surface area (Å²) in [6, 6.07) is 9.69. The number of carbonyl (C=O) groups excluding carboxylic acids is 1. The van der Waals surface area contributed by atoms with E-state index >= 15 is 0 Å². The molecule has 0 fully saturated rings. The molecule has 0 spiro atoms. The zero-order valence-corrected chi connectivity index (χ0v) is 14.1. The molecule has 10 heteroatoms. The van der Waals surface area contributed by atoms with Gasteiger partial charge in [0.1, 0.15) is 5.75 Å². The fourth-order valence-electron chi connectivity index (χ4n) is 2.10. The van der Waals surface area contributed by atoms with Crippen molar-refractivity contribution in [3.05, 3.63) is 54.1 Å². The number of para-hydroxylation sites is 2. The van der Waals surface area contributed by atoms with E-state index in [1.807, 2.05) is 4.72 Å². The summed E-state index contributed by atoms with van der Waals surface area (Å²) in [5.74, 6) is -0.779. The number of alkyl halides is 3. The second kappa shape index (κ2) is 7.75. The van der Waals surface area contributed by atoms with E-state index in [0.29, 0.717) is 6.07 Å². The first kappa shape index (κ1) is 19.7. The number of rotatable bonds is 6. The average Bonchev–Trinajstić information content (AvgIpc) is 2.56. The topological polar surface area (TPSA) is 95.5 Å². The molecule has 0 radical (unpaired) electrons. The van der Waals surface area contributed by atoms with Gasteiger partial charge in [-0.2, -0.15) is 13.2 Å². The predicted octanol–water partition coefficient (Wildman–Crippen LogP) is 2.72. The van der Waals surface area contributed by atoms with Crippen molar-refractivity contribution in [3.8, 4) is 5.75 Å². The molecule has 2 rings (SSSR count). The summed E-state index contributed by atoms with van der Waals surface area (Å²) in [5, 5.41) is 11.9. The summed E-state index contributed by atoms with van der Waals surface area (Å²) in [5.41, 5.74) is -1.14. The van der Waals surface area contributed by atoms with Gasteiger partial charge in [0.15, 0.2) is 0 Å². The van der Waals surface area contributed by atoms with E-state index in [-0.39, 0.29) is 17.9 Å². The molecule has 0 bridgehead atoms. The molecular formula is C16H15F3N2O4S. The standard InChI is InChI=1S/C16H15F3N2O4S/c17-16(18,19)11-5-1-4-8-14(11)26(24,25)20-10-9-15(23)21-12-6-2-3-7-13(12)22/h1-8,20,22H,9-10H2,(H,21,23). The van der Waals surface area contributed by atoms with Gasteiger partial charge in [0.25, 0.3) is 0 Å². The van der Waals surface area contributed by atoms with Gasteiger partial charge < -0.3 is 10.4 Å². The minimum atomic E-state index is -4.83. The molecule has 1 amide bonds. The van der Waals surface area contributed by atoms with Crippen LogP contribution in [-0.2, 0) is 21.0 Å². The average molecular weight is 388 g/mol. The zero-order chi connectivity index (χ0) is 19.4. The molecule has 0 aliphatic carbocycles. The predicted molar refractivity (Wildman–Crippen MR) is 88.0 cm³/mol. The van der Waals surface area contributed by atoms with E-state index in [2.05, 4.69) is 5.32 Å². The summed E-state index contributed by atoms with van der Waals surface area (Å²) in [4.78, 5) is 10.9. The SMILES string of the molecule is O=C(CCNS(=O)(=O)c1ccccc1C(F)(F)F)Nc1ccccc1O. The Morgan fingerprint density at radius 1 is 1.04 bits per heavy atom. The van der Waals surface area contributed by atoms with Crippen molar-refractivity contribution in [2.24, 2.45) is 0 Å². The number of aromatic hydroxyl groups is 1. The zero-order valence-electron chi connectivity index (χ0n) is 13.2. The minimum absolute atomic E-state index is 0.141. The molecule has 0 heterocycles. The molecular weight excluding hydrogens is 373 g/mol. The monoisotopic (exact) mass is 388 g/mol. The number of amides is 1. The molecule has 0 aliphatic heterocycles. The van der Waals surface area contributed by atoms with Crippen LogP contribution in [0, 0.1) is 0 Å². The lowest BCUT2D eigenvalue weighted by molar-refractivity contribution is -0.139. The highest BCUT2D eigenvalue weighted by molar-refractivity contribution is 7.89. The van der Waals surface area contributed by atoms with Gasteiger partial charge >= 0.3 is 6.18 Å². The molecule has 0 aromatic heterocycles. The number of benzene rings is 2. The third-order valence-electron chi connectivity index (χ3n) is 3.30. The second-order valence-corrected chi connectivity index (χ2v) is 6.94. The van der Waals surface area contributed by atoms with Crippen LogP contribution in [0.3, 0.4) is 0 Å². The van der Waals surface area contributed by atoms with E-state index in [1.165, 1.54) is 18.2 Å². The minimum Gasteiger partial charge on any atom is -0.506 e. The first-order valence-electron chi connectivity index (χ1n) is 7.35. The van der Waals surface area contributed by atoms with Crippen LogP contribution >= 0.6 is 0 Å². The molecule has 0 atom stereocenters. The lowest BCUT2D eigenvalue weighted by Crippen LogP contribution is -2.29. The lowest BCUT2D eigenvalue weighted by Gasteiger charge is -2.13. The van der Waals surface area contributed by atoms with Crippen LogP contribution in [0.5, 0.6) is 5.75 Å². The van der Waals surface area contributed by atoms with Gasteiger partial charge in [0.2, 0.25) is 15.9 Å². The number of hydrogen-bond donors (Lipinski definition) is 3. The number of nitrogens with one attached hydrogen (secondary N) is 2. The molecule has 140 valence electrons. The summed E-state index contributed by atoms with van der Waals surface area (Å²) >= 11 is 0. The Hall–Kier alpha value is -2.59. The maximum absolute atomic E-state index is 12.9. The van der Waals surface area contributed by atoms with Gasteiger partial charge in [0, 0.05) is 13.0 Å². The number of sulfonamides is 1. The van der Waals surface area contributed by atoms with Crippen molar-refractivity contribution in [2.75, 3.05) is 11.9 Å². The van der Waals surface area contributed by atoms with E-state index in [1.54, 1.807) is 12.1 Å². The van der Waals surface area contributed by atoms with Gasteiger partial charge in [-0.05, 0) is 24.3 Å². The van der Waals surface area contributed by atoms with Crippen molar-refractivity contribution in [1.29, 1.82) is 0 Å². The third-order valence-corrected chi connectivity index (χ3v) is 4.82. The maximum atomic E-state index is 12.9. The van der Waals surface area contributed by atoms with Crippen molar-refractivity contribution < 1.29 is 31.5 Å². The molecule has 0 saturated heterocycles. The van der Waals surface area contributed by atoms with Crippen LogP contribution in [0.2, 0.25) is 0 Å². The van der Waals surface area contributed by atoms with Crippen molar-refractivity contribution in [2.45, 2.75) is 17.5 Å². The van der Waals surface area contributed by atoms with Gasteiger partial charge in [-0.3, -0.25) is 4.79 Å². The molecule has 2 aromatic carbocycles. The Balaban J connectivity index is 2.01. The summed E-state index contributed by atoms with van der Waals surface area (Å²) in [6.45, 7) is -0.409. The Bertz CT molecular complexity index is 898. The van der Waals surface area contributed by atoms with E-state index in [9.17, 15) is 31.5 Å². The van der Waals surface area contributed by atoms with Crippen LogP contribution < -0.4 is 10.0 Å². The highest BCUT2D eigenvalue weighted by atomic mass is 32.2. The molecule has 6 nitrogen and oxygen atoms in total. The van der Waals surface area contributed by atoms with Crippen molar-refractivity contribution >= 4 is 21.6 Å². The van der Waals surface area contributed by atoms with E-state index in [0.717, 1.165) is 12.1 Å². The Labute approximate surface area is 147 Å². The molecule has 0 saturated carbocycles. The van der Waals surface area contributed by atoms with E-state index in [4.69, 9.17) is 0 Å². The van der Waals surface area contributed by atoms with Crippen LogP contribution in [0.15, 0.2) is 53.4 Å². The largest absolute Gasteiger partial charge is 0.506 e. The molecule has 2 aromatic rings. The van der Waals surface area contributed by atoms with Gasteiger partial charge in [-0.15, -0.1) is 0 Å². The Kier molecular flexibility index (Phi) is 5.88. The van der Waals surface area contributed by atoms with Crippen LogP contribution in [-0.4, -0.2) is 26.0 Å². The third kappa shape index (κ3) is 4.96. The second-order valence-electron chi connectivity index (χ2n) is 5.21. The summed E-state index contributed by atoms with van der Waals surface area (Å²) in [6.07, 6.45) is -5.16. The number of anilines is 1. The molecule has 3 N–H and O–H groups in total. The van der Waals surface area contributed by atoms with Gasteiger partial charge in [0.05, 0.1) is 16.1 Å². The molecule has 26 heavy (non-hydrogen) atoms. The molecule has 0 aliphatic rings. The lowest BCUT2D eigenvalue weighted by atomic mass is 10.2. The fourth-order valence-corrected chi connectivity index (χ4v) is 3.36. The van der Waals surface area contributed by atoms with Gasteiger partial charge in [-0.1, -0.05) is 24.3 Å². The smallest absolute Gasteiger partial charge is 0.417 e. The van der Waals surface area contributed by atoms with Crippen LogP contribution in [0.1, 0.15) is 12.0 Å². The number of halogens is 3. The first-order chi connectivity index (χ1) is 12.1. The highest BCUT2D eigenvalue weighted by Gasteiger charge is 2.36. The number of phenols is 1. The van der Waals surface area contributed by atoms with Crippen LogP contribution in [0.25, 0.3) is 0 Å². The maximum Gasteiger partial charge on any atom is 0.417 e. The first-order valence-corrected chi connectivity index (χ1v) is 8.83. The number of carbonyl (C=O) groups is 1. The normalized spacial score (nSPS) is 12.0. The van der Waals surface area contributed by atoms with E-state index < -0.39 is 39.1 Å². The summed E-state index contributed by atoms with van der Waals surface area (Å²) in [7, 11) is -4.45. The quantitative estimate of drug-likeness (QED) is 0.663. The fraction of sp³-hybridized carbons (Fsp3) is 0.188. The Morgan fingerprint density at radius 3 is 2.31 bits per heavy atom. The Morgan fingerprint density at radius 2 is 1.65 bits per heavy atom. The summed E-state index contributed by atoms with van der Waals surface area (Å²) < 4.78 is 65.0. The highest BCUT2D eigenvalue weighted by Crippen LogP contribution is 2.33. The van der Waals surface area contributed by atoms with Crippen LogP contribution in [0.4, 0.5) is 18.9 Å². The number of phenolic OH excluding ortho intramolecular Hbond substituents is 1. The van der Waals surface area contributed by atoms with Crippen molar-refractivity contribution in [1.82, 2.24) is 4.72 Å².